The van der Waals surface area contributed by atoms with Crippen molar-refractivity contribution in [3.63, 3.8) is 0 Å². The van der Waals surface area contributed by atoms with Gasteiger partial charge in [0.1, 0.15) is 0 Å². The molecule has 0 aliphatic heterocycles. The number of furan rings is 1. The summed E-state index contributed by atoms with van der Waals surface area (Å²) in [5.74, 6) is 1.42. The van der Waals surface area contributed by atoms with Crippen molar-refractivity contribution >= 4 is 17.7 Å². The largest absolute Gasteiger partial charge is 0.461 e. The van der Waals surface area contributed by atoms with Crippen molar-refractivity contribution in [2.75, 3.05) is 19.5 Å². The monoisotopic (exact) mass is 336 g/mol. The van der Waals surface area contributed by atoms with Crippen molar-refractivity contribution in [3.05, 3.63) is 31.1 Å². The number of thioether (sulfide) groups is 1. The van der Waals surface area contributed by atoms with Crippen molar-refractivity contribution in [1.82, 2.24) is 20.1 Å². The first-order valence-electron chi connectivity index (χ1n) is 7.14. The van der Waals surface area contributed by atoms with E-state index in [0.29, 0.717) is 29.9 Å². The van der Waals surface area contributed by atoms with Gasteiger partial charge in [0.15, 0.2) is 10.9 Å². The van der Waals surface area contributed by atoms with E-state index in [2.05, 4.69) is 22.1 Å². The highest BCUT2D eigenvalue weighted by molar-refractivity contribution is 7.99. The van der Waals surface area contributed by atoms with E-state index in [4.69, 9.17) is 9.15 Å². The van der Waals surface area contributed by atoms with Gasteiger partial charge in [-0.3, -0.25) is 9.36 Å². The molecule has 0 aromatic carbocycles. The van der Waals surface area contributed by atoms with Crippen LogP contribution < -0.4 is 5.32 Å². The van der Waals surface area contributed by atoms with Crippen LogP contribution in [0.25, 0.3) is 11.6 Å². The van der Waals surface area contributed by atoms with Gasteiger partial charge in [-0.2, -0.15) is 0 Å². The van der Waals surface area contributed by atoms with Gasteiger partial charge in [-0.1, -0.05) is 17.8 Å². The summed E-state index contributed by atoms with van der Waals surface area (Å²) in [7, 11) is 1.60. The van der Waals surface area contributed by atoms with Gasteiger partial charge in [-0.05, 0) is 19.1 Å². The Morgan fingerprint density at radius 1 is 1.61 bits per heavy atom. The number of rotatable bonds is 9. The Kier molecular flexibility index (Phi) is 6.42. The Morgan fingerprint density at radius 3 is 3.09 bits per heavy atom. The van der Waals surface area contributed by atoms with Crippen molar-refractivity contribution in [1.29, 1.82) is 0 Å². The minimum Gasteiger partial charge on any atom is -0.461 e. The molecule has 0 aliphatic carbocycles. The number of allylic oxidation sites excluding steroid dienone is 1. The second-order valence-electron chi connectivity index (χ2n) is 4.90. The number of methoxy groups -OCH3 is 1. The summed E-state index contributed by atoms with van der Waals surface area (Å²) in [6.07, 6.45) is 3.33. The third kappa shape index (κ3) is 4.70. The fourth-order valence-corrected chi connectivity index (χ4v) is 2.77. The van der Waals surface area contributed by atoms with E-state index in [9.17, 15) is 4.79 Å². The summed E-state index contributed by atoms with van der Waals surface area (Å²) in [6, 6.07) is 3.58. The lowest BCUT2D eigenvalue weighted by molar-refractivity contribution is -0.119. The van der Waals surface area contributed by atoms with E-state index in [-0.39, 0.29) is 17.7 Å². The number of nitrogens with one attached hydrogen (secondary N) is 1. The number of amides is 1. The molecule has 2 heterocycles. The number of hydrogen-bond acceptors (Lipinski definition) is 6. The normalized spacial score (nSPS) is 12.1. The second-order valence-corrected chi connectivity index (χ2v) is 5.84. The van der Waals surface area contributed by atoms with Crippen LogP contribution in [0, 0.1) is 0 Å². The molecular weight excluding hydrogens is 316 g/mol. The molecule has 0 saturated heterocycles. The van der Waals surface area contributed by atoms with Gasteiger partial charge >= 0.3 is 0 Å². The van der Waals surface area contributed by atoms with Crippen molar-refractivity contribution < 1.29 is 13.9 Å². The molecule has 1 atom stereocenters. The highest BCUT2D eigenvalue weighted by Gasteiger charge is 2.17. The Hall–Kier alpha value is -2.06. The zero-order chi connectivity index (χ0) is 16.7. The summed E-state index contributed by atoms with van der Waals surface area (Å²) in [6.45, 7) is 6.65. The topological polar surface area (TPSA) is 82.2 Å². The van der Waals surface area contributed by atoms with Gasteiger partial charge in [0.05, 0.1) is 18.6 Å². The lowest BCUT2D eigenvalue weighted by Gasteiger charge is -2.12. The Balaban J connectivity index is 2.02. The number of aromatic nitrogens is 3. The van der Waals surface area contributed by atoms with Crippen LogP contribution >= 0.6 is 11.8 Å². The number of carbonyl (C=O) groups is 1. The third-order valence-electron chi connectivity index (χ3n) is 2.93. The van der Waals surface area contributed by atoms with Crippen LogP contribution in [0.15, 0.2) is 40.6 Å². The Morgan fingerprint density at radius 2 is 2.43 bits per heavy atom. The van der Waals surface area contributed by atoms with E-state index in [1.165, 1.54) is 11.8 Å². The van der Waals surface area contributed by atoms with Gasteiger partial charge in [0.25, 0.3) is 0 Å². The average molecular weight is 336 g/mol. The Bertz CT molecular complexity index is 639. The van der Waals surface area contributed by atoms with Crippen LogP contribution in [0.5, 0.6) is 0 Å². The first-order chi connectivity index (χ1) is 11.2. The summed E-state index contributed by atoms with van der Waals surface area (Å²) in [4.78, 5) is 11.9. The smallest absolute Gasteiger partial charge is 0.230 e. The van der Waals surface area contributed by atoms with Crippen LogP contribution in [0.2, 0.25) is 0 Å². The summed E-state index contributed by atoms with van der Waals surface area (Å²) in [5, 5.41) is 11.8. The Labute approximate surface area is 139 Å². The zero-order valence-electron chi connectivity index (χ0n) is 13.2. The molecule has 0 saturated carbocycles. The van der Waals surface area contributed by atoms with Crippen molar-refractivity contribution in [2.24, 2.45) is 0 Å². The highest BCUT2D eigenvalue weighted by Crippen LogP contribution is 2.24. The summed E-state index contributed by atoms with van der Waals surface area (Å²) >= 11 is 1.32. The van der Waals surface area contributed by atoms with Crippen LogP contribution in [0.3, 0.4) is 0 Å². The van der Waals surface area contributed by atoms with Crippen molar-refractivity contribution in [3.8, 4) is 11.6 Å². The third-order valence-corrected chi connectivity index (χ3v) is 3.89. The number of carbonyl (C=O) groups excluding carboxylic acids is 1. The molecule has 0 fully saturated rings. The molecule has 0 bridgehead atoms. The van der Waals surface area contributed by atoms with Gasteiger partial charge in [-0.25, -0.2) is 0 Å². The van der Waals surface area contributed by atoms with E-state index < -0.39 is 0 Å². The SMILES string of the molecule is C=CCn1c(SCC(=O)NC(C)COC)nnc1-c1ccco1. The van der Waals surface area contributed by atoms with Gasteiger partial charge in [0, 0.05) is 19.7 Å². The van der Waals surface area contributed by atoms with Gasteiger partial charge < -0.3 is 14.5 Å². The molecule has 7 nitrogen and oxygen atoms in total. The minimum absolute atomic E-state index is 0.0298. The van der Waals surface area contributed by atoms with Gasteiger partial charge in [0.2, 0.25) is 11.7 Å². The molecule has 1 N–H and O–H groups in total. The number of hydrogen-bond donors (Lipinski definition) is 1. The molecule has 124 valence electrons. The maximum atomic E-state index is 11.9. The summed E-state index contributed by atoms with van der Waals surface area (Å²) in [5.41, 5.74) is 0. The fraction of sp³-hybridized carbons (Fsp3) is 0.400. The van der Waals surface area contributed by atoms with E-state index in [0.717, 1.165) is 0 Å². The van der Waals surface area contributed by atoms with Crippen LogP contribution in [-0.2, 0) is 16.1 Å². The second kappa shape index (κ2) is 8.54. The molecule has 0 aliphatic rings. The predicted molar refractivity (Wildman–Crippen MR) is 88.1 cm³/mol. The average Bonchev–Trinajstić information content (AvgIpc) is 3.15. The van der Waals surface area contributed by atoms with Crippen LogP contribution in [0.4, 0.5) is 0 Å². The predicted octanol–water partition coefficient (Wildman–Crippen LogP) is 1.97. The maximum Gasteiger partial charge on any atom is 0.230 e. The quantitative estimate of drug-likeness (QED) is 0.557. The van der Waals surface area contributed by atoms with E-state index in [1.54, 1.807) is 25.5 Å². The molecule has 2 rings (SSSR count). The number of nitrogens with zero attached hydrogens (tertiary/aromatic N) is 3. The molecule has 1 amide bonds. The van der Waals surface area contributed by atoms with E-state index >= 15 is 0 Å². The summed E-state index contributed by atoms with van der Waals surface area (Å²) < 4.78 is 12.2. The lowest BCUT2D eigenvalue weighted by atomic mass is 10.3. The lowest BCUT2D eigenvalue weighted by Crippen LogP contribution is -2.36. The minimum atomic E-state index is -0.0766. The van der Waals surface area contributed by atoms with Crippen molar-refractivity contribution in [2.45, 2.75) is 24.7 Å². The van der Waals surface area contributed by atoms with Crippen LogP contribution in [-0.4, -0.2) is 46.2 Å². The molecule has 2 aromatic heterocycles. The molecule has 23 heavy (non-hydrogen) atoms. The van der Waals surface area contributed by atoms with Crippen LogP contribution in [0.1, 0.15) is 6.92 Å². The fourth-order valence-electron chi connectivity index (χ4n) is 2.02. The highest BCUT2D eigenvalue weighted by atomic mass is 32.2. The molecule has 1 unspecified atom stereocenters. The molecular formula is C15H20N4O3S. The van der Waals surface area contributed by atoms with Gasteiger partial charge in [-0.15, -0.1) is 16.8 Å². The molecule has 8 heteroatoms. The molecule has 0 spiro atoms. The molecule has 2 aromatic rings. The first-order valence-corrected chi connectivity index (χ1v) is 8.13. The van der Waals surface area contributed by atoms with E-state index in [1.807, 2.05) is 17.6 Å². The zero-order valence-corrected chi connectivity index (χ0v) is 14.0. The maximum absolute atomic E-state index is 11.9. The standard InChI is InChI=1S/C15H20N4O3S/c1-4-7-19-14(12-6-5-8-22-12)17-18-15(19)23-10-13(20)16-11(2)9-21-3/h4-6,8,11H,1,7,9-10H2,2-3H3,(H,16,20). The molecule has 0 radical (unpaired) electrons. The number of ether oxygens (including phenoxy) is 1. The first kappa shape index (κ1) is 17.3.